The number of ether oxygens (including phenoxy) is 2. The molecule has 134 valence electrons. The molecule has 1 saturated heterocycles. The van der Waals surface area contributed by atoms with E-state index >= 15 is 0 Å². The van der Waals surface area contributed by atoms with Gasteiger partial charge in [-0.15, -0.1) is 0 Å². The Hall–Kier alpha value is -2.86. The maximum Gasteiger partial charge on any atom is 0.274 e. The van der Waals surface area contributed by atoms with Crippen molar-refractivity contribution in [1.29, 1.82) is 0 Å². The Bertz CT molecular complexity index is 1010. The Morgan fingerprint density at radius 1 is 1.38 bits per heavy atom. The summed E-state index contributed by atoms with van der Waals surface area (Å²) in [5.74, 6) is 1.18. The molecule has 1 N–H and O–H groups in total. The molecule has 3 heterocycles. The van der Waals surface area contributed by atoms with Gasteiger partial charge in [-0.3, -0.25) is 9.79 Å². The standard InChI is InChI=1S/C20H21N3O3/c1-21-14-3-4-18(26-12-13-6-8-25-11-13)16(9-14)17-10-23(2)20(24)19-15(17)5-7-22-19/h3-5,7,9-10,13,22H,1,6,8,11-12H2,2H3. The minimum absolute atomic E-state index is 0.0580. The van der Waals surface area contributed by atoms with Crippen LogP contribution < -0.4 is 10.3 Å². The molecule has 0 bridgehead atoms. The number of hydrogen-bond donors (Lipinski definition) is 1. The predicted molar refractivity (Wildman–Crippen MR) is 103 cm³/mol. The van der Waals surface area contributed by atoms with Crippen LogP contribution in [0.15, 0.2) is 46.4 Å². The van der Waals surface area contributed by atoms with Crippen molar-refractivity contribution in [2.75, 3.05) is 19.8 Å². The normalized spacial score (nSPS) is 16.9. The minimum Gasteiger partial charge on any atom is -0.493 e. The molecule has 0 radical (unpaired) electrons. The quantitative estimate of drug-likeness (QED) is 0.717. The zero-order valence-corrected chi connectivity index (χ0v) is 14.7. The first-order chi connectivity index (χ1) is 12.7. The second-order valence-electron chi connectivity index (χ2n) is 6.60. The number of aromatic amines is 1. The van der Waals surface area contributed by atoms with E-state index < -0.39 is 0 Å². The fourth-order valence-corrected chi connectivity index (χ4v) is 3.36. The van der Waals surface area contributed by atoms with Crippen LogP contribution in [0, 0.1) is 5.92 Å². The van der Waals surface area contributed by atoms with Crippen LogP contribution in [0.5, 0.6) is 5.75 Å². The van der Waals surface area contributed by atoms with Crippen molar-refractivity contribution < 1.29 is 9.47 Å². The number of nitrogens with one attached hydrogen (secondary N) is 1. The van der Waals surface area contributed by atoms with Crippen LogP contribution in [0.3, 0.4) is 0 Å². The molecule has 1 aromatic carbocycles. The number of pyridine rings is 1. The van der Waals surface area contributed by atoms with Crippen LogP contribution in [0.4, 0.5) is 5.69 Å². The van der Waals surface area contributed by atoms with Crippen LogP contribution >= 0.6 is 0 Å². The molecule has 3 aromatic rings. The van der Waals surface area contributed by atoms with Crippen molar-refractivity contribution in [3.05, 3.63) is 47.0 Å². The molecule has 1 fully saturated rings. The number of fused-ring (bicyclic) bond motifs is 1. The van der Waals surface area contributed by atoms with Gasteiger partial charge in [0.1, 0.15) is 11.3 Å². The van der Waals surface area contributed by atoms with Gasteiger partial charge in [-0.25, -0.2) is 0 Å². The topological polar surface area (TPSA) is 68.6 Å². The summed E-state index contributed by atoms with van der Waals surface area (Å²) in [6.07, 6.45) is 4.64. The van der Waals surface area contributed by atoms with Crippen molar-refractivity contribution in [3.8, 4) is 16.9 Å². The number of aryl methyl sites for hydroxylation is 1. The smallest absolute Gasteiger partial charge is 0.274 e. The first kappa shape index (κ1) is 16.6. The van der Waals surface area contributed by atoms with Gasteiger partial charge >= 0.3 is 0 Å². The third-order valence-corrected chi connectivity index (χ3v) is 4.83. The number of aromatic nitrogens is 2. The van der Waals surface area contributed by atoms with Gasteiger partial charge in [0.05, 0.1) is 18.9 Å². The lowest BCUT2D eigenvalue weighted by Gasteiger charge is -2.16. The van der Waals surface area contributed by atoms with Crippen LogP contribution in [0.2, 0.25) is 0 Å². The second-order valence-corrected chi connectivity index (χ2v) is 6.60. The van der Waals surface area contributed by atoms with Gasteiger partial charge in [0.25, 0.3) is 5.56 Å². The molecule has 0 saturated carbocycles. The number of aliphatic imine (C=N–C) groups is 1. The lowest BCUT2D eigenvalue weighted by atomic mass is 10.0. The van der Waals surface area contributed by atoms with E-state index in [0.717, 1.165) is 47.6 Å². The van der Waals surface area contributed by atoms with E-state index in [9.17, 15) is 4.79 Å². The molecule has 6 heteroatoms. The molecule has 0 aliphatic carbocycles. The zero-order valence-electron chi connectivity index (χ0n) is 14.7. The fraction of sp³-hybridized carbons (Fsp3) is 0.300. The summed E-state index contributed by atoms with van der Waals surface area (Å²) in [4.78, 5) is 19.4. The molecule has 1 unspecified atom stereocenters. The fourth-order valence-electron chi connectivity index (χ4n) is 3.36. The van der Waals surface area contributed by atoms with Gasteiger partial charge in [-0.05, 0) is 37.4 Å². The van der Waals surface area contributed by atoms with Crippen molar-refractivity contribution in [2.45, 2.75) is 6.42 Å². The molecule has 1 atom stereocenters. The first-order valence-electron chi connectivity index (χ1n) is 8.66. The molecule has 1 aliphatic heterocycles. The van der Waals surface area contributed by atoms with Crippen LogP contribution in [0.1, 0.15) is 6.42 Å². The highest BCUT2D eigenvalue weighted by Gasteiger charge is 2.19. The molecule has 2 aromatic heterocycles. The van der Waals surface area contributed by atoms with Crippen molar-refractivity contribution in [3.63, 3.8) is 0 Å². The summed E-state index contributed by atoms with van der Waals surface area (Å²) < 4.78 is 13.1. The molecule has 0 amide bonds. The van der Waals surface area contributed by atoms with Gasteiger partial charge in [0, 0.05) is 48.5 Å². The first-order valence-corrected chi connectivity index (χ1v) is 8.66. The van der Waals surface area contributed by atoms with Gasteiger partial charge in [-0.2, -0.15) is 0 Å². The molecule has 4 rings (SSSR count). The monoisotopic (exact) mass is 351 g/mol. The van der Waals surface area contributed by atoms with Crippen molar-refractivity contribution in [2.24, 2.45) is 18.0 Å². The van der Waals surface area contributed by atoms with Crippen molar-refractivity contribution in [1.82, 2.24) is 9.55 Å². The minimum atomic E-state index is -0.0580. The lowest BCUT2D eigenvalue weighted by Crippen LogP contribution is -2.16. The van der Waals surface area contributed by atoms with Gasteiger partial charge < -0.3 is 19.0 Å². The van der Waals surface area contributed by atoms with E-state index in [0.29, 0.717) is 18.0 Å². The Morgan fingerprint density at radius 3 is 3.04 bits per heavy atom. The van der Waals surface area contributed by atoms with Crippen LogP contribution in [0.25, 0.3) is 22.0 Å². The molecule has 0 spiro atoms. The van der Waals surface area contributed by atoms with Gasteiger partial charge in [0.15, 0.2) is 0 Å². The molecular weight excluding hydrogens is 330 g/mol. The summed E-state index contributed by atoms with van der Waals surface area (Å²) in [5.41, 5.74) is 3.10. The van der Waals surface area contributed by atoms with E-state index in [1.165, 1.54) is 0 Å². The average Bonchev–Trinajstić information content (AvgIpc) is 3.34. The zero-order chi connectivity index (χ0) is 18.1. The third kappa shape index (κ3) is 2.93. The number of nitrogens with zero attached hydrogens (tertiary/aromatic N) is 2. The predicted octanol–water partition coefficient (Wildman–Crippen LogP) is 3.28. The Morgan fingerprint density at radius 2 is 2.27 bits per heavy atom. The highest BCUT2D eigenvalue weighted by molar-refractivity contribution is 5.96. The Labute approximate surface area is 151 Å². The maximum absolute atomic E-state index is 12.3. The molecular formula is C20H21N3O3. The van der Waals surface area contributed by atoms with Gasteiger partial charge in [0.2, 0.25) is 0 Å². The highest BCUT2D eigenvalue weighted by Crippen LogP contribution is 2.37. The highest BCUT2D eigenvalue weighted by atomic mass is 16.5. The number of hydrogen-bond acceptors (Lipinski definition) is 4. The van der Waals surface area contributed by atoms with Crippen LogP contribution in [-0.4, -0.2) is 36.1 Å². The van der Waals surface area contributed by atoms with E-state index in [1.54, 1.807) is 17.8 Å². The van der Waals surface area contributed by atoms with E-state index in [2.05, 4.69) is 16.7 Å². The second kappa shape index (κ2) is 6.80. The summed E-state index contributed by atoms with van der Waals surface area (Å²) in [6, 6.07) is 7.65. The molecule has 6 nitrogen and oxygen atoms in total. The Balaban J connectivity index is 1.81. The lowest BCUT2D eigenvalue weighted by molar-refractivity contribution is 0.167. The third-order valence-electron chi connectivity index (χ3n) is 4.83. The Kier molecular flexibility index (Phi) is 4.34. The largest absolute Gasteiger partial charge is 0.493 e. The summed E-state index contributed by atoms with van der Waals surface area (Å²) >= 11 is 0. The van der Waals surface area contributed by atoms with E-state index in [4.69, 9.17) is 9.47 Å². The van der Waals surface area contributed by atoms with E-state index in [-0.39, 0.29) is 5.56 Å². The van der Waals surface area contributed by atoms with E-state index in [1.807, 2.05) is 30.5 Å². The van der Waals surface area contributed by atoms with Crippen LogP contribution in [-0.2, 0) is 11.8 Å². The SMILES string of the molecule is C=Nc1ccc(OCC2CCOC2)c(-c2cn(C)c(=O)c3[nH]ccc23)c1. The van der Waals surface area contributed by atoms with Gasteiger partial charge in [-0.1, -0.05) is 0 Å². The average molecular weight is 351 g/mol. The molecule has 26 heavy (non-hydrogen) atoms. The summed E-state index contributed by atoms with van der Waals surface area (Å²) in [5, 5.41) is 0.864. The summed E-state index contributed by atoms with van der Waals surface area (Å²) in [6.45, 7) is 5.76. The molecule has 1 aliphatic rings. The number of H-pyrrole nitrogens is 1. The number of benzene rings is 1. The van der Waals surface area contributed by atoms with Crippen molar-refractivity contribution >= 4 is 23.3 Å². The maximum atomic E-state index is 12.3. The number of rotatable bonds is 5. The summed E-state index contributed by atoms with van der Waals surface area (Å²) in [7, 11) is 1.75.